The second-order valence-electron chi connectivity index (χ2n) is 5.44. The average molecular weight is 311 g/mol. The van der Waals surface area contributed by atoms with Gasteiger partial charge in [0.05, 0.1) is 0 Å². The summed E-state index contributed by atoms with van der Waals surface area (Å²) in [6, 6.07) is 7.72. The van der Waals surface area contributed by atoms with E-state index in [1.807, 2.05) is 24.3 Å². The molecule has 1 saturated carbocycles. The van der Waals surface area contributed by atoms with Gasteiger partial charge in [0.1, 0.15) is 5.60 Å². The molecule has 2 rings (SSSR count). The molecule has 1 aliphatic rings. The van der Waals surface area contributed by atoms with Crippen molar-refractivity contribution in [2.45, 2.75) is 44.6 Å². The van der Waals surface area contributed by atoms with Crippen LogP contribution >= 0.6 is 15.9 Å². The third-order valence-corrected chi connectivity index (χ3v) is 4.37. The molecule has 98 valence electrons. The van der Waals surface area contributed by atoms with Crippen LogP contribution in [-0.2, 0) is 11.2 Å². The lowest BCUT2D eigenvalue weighted by atomic mass is 9.76. The number of carbonyl (C=O) groups is 1. The molecule has 1 aliphatic carbocycles. The SMILES string of the molecule is CC1CCC(O)(C(=O)Cc2cccc(Br)c2)CC1. The molecule has 0 spiro atoms. The normalized spacial score (nSPS) is 28.1. The summed E-state index contributed by atoms with van der Waals surface area (Å²) in [5, 5.41) is 10.4. The first-order valence-electron chi connectivity index (χ1n) is 6.50. The van der Waals surface area contributed by atoms with E-state index >= 15 is 0 Å². The number of ketones is 1. The van der Waals surface area contributed by atoms with Crippen LogP contribution < -0.4 is 0 Å². The van der Waals surface area contributed by atoms with Gasteiger partial charge in [-0.2, -0.15) is 0 Å². The van der Waals surface area contributed by atoms with Crippen molar-refractivity contribution in [1.29, 1.82) is 0 Å². The Balaban J connectivity index is 2.03. The van der Waals surface area contributed by atoms with E-state index in [4.69, 9.17) is 0 Å². The second-order valence-corrected chi connectivity index (χ2v) is 6.36. The van der Waals surface area contributed by atoms with Crippen molar-refractivity contribution in [2.24, 2.45) is 5.92 Å². The average Bonchev–Trinajstić information content (AvgIpc) is 2.33. The third kappa shape index (κ3) is 3.21. The van der Waals surface area contributed by atoms with Gasteiger partial charge in [0.25, 0.3) is 0 Å². The highest BCUT2D eigenvalue weighted by atomic mass is 79.9. The number of rotatable bonds is 3. The van der Waals surface area contributed by atoms with E-state index in [2.05, 4.69) is 22.9 Å². The molecule has 1 aromatic rings. The molecule has 0 radical (unpaired) electrons. The molecule has 3 heteroatoms. The molecular weight excluding hydrogens is 292 g/mol. The molecule has 0 atom stereocenters. The summed E-state index contributed by atoms with van der Waals surface area (Å²) in [6.07, 6.45) is 3.44. The third-order valence-electron chi connectivity index (χ3n) is 3.87. The molecule has 0 heterocycles. The van der Waals surface area contributed by atoms with Crippen LogP contribution in [0.25, 0.3) is 0 Å². The molecule has 1 fully saturated rings. The zero-order valence-corrected chi connectivity index (χ0v) is 12.2. The fourth-order valence-electron chi connectivity index (χ4n) is 2.52. The molecule has 0 saturated heterocycles. The lowest BCUT2D eigenvalue weighted by Gasteiger charge is -2.33. The van der Waals surface area contributed by atoms with Gasteiger partial charge in [-0.05, 0) is 49.3 Å². The smallest absolute Gasteiger partial charge is 0.168 e. The first kappa shape index (κ1) is 13.8. The van der Waals surface area contributed by atoms with E-state index in [1.54, 1.807) is 0 Å². The minimum Gasteiger partial charge on any atom is -0.382 e. The number of hydrogen-bond donors (Lipinski definition) is 1. The Labute approximate surface area is 117 Å². The van der Waals surface area contributed by atoms with Gasteiger partial charge in [-0.25, -0.2) is 0 Å². The van der Waals surface area contributed by atoms with Crippen molar-refractivity contribution in [3.63, 3.8) is 0 Å². The van der Waals surface area contributed by atoms with Gasteiger partial charge in [0, 0.05) is 10.9 Å². The van der Waals surface area contributed by atoms with Crippen LogP contribution in [0.1, 0.15) is 38.2 Å². The summed E-state index contributed by atoms with van der Waals surface area (Å²) in [7, 11) is 0. The number of benzene rings is 1. The van der Waals surface area contributed by atoms with Crippen LogP contribution in [0.3, 0.4) is 0 Å². The summed E-state index contributed by atoms with van der Waals surface area (Å²) < 4.78 is 0.969. The Morgan fingerprint density at radius 3 is 2.72 bits per heavy atom. The first-order valence-corrected chi connectivity index (χ1v) is 7.29. The standard InChI is InChI=1S/C15H19BrO2/c1-11-5-7-15(18,8-6-11)14(17)10-12-3-2-4-13(16)9-12/h2-4,9,11,18H,5-8,10H2,1H3. The van der Waals surface area contributed by atoms with Crippen LogP contribution in [0.4, 0.5) is 0 Å². The molecule has 1 N–H and O–H groups in total. The summed E-state index contributed by atoms with van der Waals surface area (Å²) in [5.41, 5.74) is -0.129. The van der Waals surface area contributed by atoms with Gasteiger partial charge >= 0.3 is 0 Å². The maximum absolute atomic E-state index is 12.2. The number of aliphatic hydroxyl groups is 1. The van der Waals surface area contributed by atoms with Crippen LogP contribution in [0.5, 0.6) is 0 Å². The summed E-state index contributed by atoms with van der Waals surface area (Å²) in [6.45, 7) is 2.18. The molecule has 0 unspecified atom stereocenters. The van der Waals surface area contributed by atoms with Gasteiger partial charge in [-0.3, -0.25) is 4.79 Å². The van der Waals surface area contributed by atoms with Crippen molar-refractivity contribution in [1.82, 2.24) is 0 Å². The molecule has 18 heavy (non-hydrogen) atoms. The minimum atomic E-state index is -1.09. The predicted molar refractivity (Wildman–Crippen MR) is 75.4 cm³/mol. The van der Waals surface area contributed by atoms with Crippen molar-refractivity contribution >= 4 is 21.7 Å². The molecule has 0 bridgehead atoms. The van der Waals surface area contributed by atoms with Gasteiger partial charge in [0.2, 0.25) is 0 Å². The van der Waals surface area contributed by atoms with Gasteiger partial charge in [-0.1, -0.05) is 35.0 Å². The zero-order chi connectivity index (χ0) is 13.2. The van der Waals surface area contributed by atoms with Crippen molar-refractivity contribution < 1.29 is 9.90 Å². The predicted octanol–water partition coefficient (Wildman–Crippen LogP) is 3.50. The van der Waals surface area contributed by atoms with Crippen molar-refractivity contribution in [2.75, 3.05) is 0 Å². The van der Waals surface area contributed by atoms with Crippen molar-refractivity contribution in [3.8, 4) is 0 Å². The van der Waals surface area contributed by atoms with E-state index in [1.165, 1.54) is 0 Å². The quantitative estimate of drug-likeness (QED) is 0.927. The van der Waals surface area contributed by atoms with Gasteiger partial charge in [-0.15, -0.1) is 0 Å². The largest absolute Gasteiger partial charge is 0.382 e. The number of carbonyl (C=O) groups excluding carboxylic acids is 1. The molecule has 0 aromatic heterocycles. The second kappa shape index (κ2) is 5.54. The molecule has 1 aromatic carbocycles. The van der Waals surface area contributed by atoms with E-state index in [0.717, 1.165) is 22.9 Å². The highest BCUT2D eigenvalue weighted by molar-refractivity contribution is 9.10. The highest BCUT2D eigenvalue weighted by Gasteiger charge is 2.38. The Bertz CT molecular complexity index is 434. The van der Waals surface area contributed by atoms with Crippen LogP contribution in [0.2, 0.25) is 0 Å². The maximum atomic E-state index is 12.2. The van der Waals surface area contributed by atoms with Crippen molar-refractivity contribution in [3.05, 3.63) is 34.3 Å². The van der Waals surface area contributed by atoms with E-state index < -0.39 is 5.60 Å². The molecule has 0 aliphatic heterocycles. The van der Waals surface area contributed by atoms with Gasteiger partial charge < -0.3 is 5.11 Å². The Morgan fingerprint density at radius 1 is 1.44 bits per heavy atom. The lowest BCUT2D eigenvalue weighted by Crippen LogP contribution is -2.42. The summed E-state index contributed by atoms with van der Waals surface area (Å²) in [5.74, 6) is 0.594. The van der Waals surface area contributed by atoms with Crippen LogP contribution in [0, 0.1) is 5.92 Å². The minimum absolute atomic E-state index is 0.0347. The number of halogens is 1. The highest BCUT2D eigenvalue weighted by Crippen LogP contribution is 2.33. The first-order chi connectivity index (χ1) is 8.49. The number of hydrogen-bond acceptors (Lipinski definition) is 2. The Hall–Kier alpha value is -0.670. The Kier molecular flexibility index (Phi) is 4.23. The topological polar surface area (TPSA) is 37.3 Å². The molecular formula is C15H19BrO2. The zero-order valence-electron chi connectivity index (χ0n) is 10.7. The molecule has 0 amide bonds. The molecule has 2 nitrogen and oxygen atoms in total. The maximum Gasteiger partial charge on any atom is 0.168 e. The summed E-state index contributed by atoms with van der Waals surface area (Å²) >= 11 is 3.40. The van der Waals surface area contributed by atoms with Gasteiger partial charge in [0.15, 0.2) is 5.78 Å². The fraction of sp³-hybridized carbons (Fsp3) is 0.533. The lowest BCUT2D eigenvalue weighted by molar-refractivity contribution is -0.140. The number of Topliss-reactive ketones (excluding diaryl/α,β-unsaturated/α-hetero) is 1. The van der Waals surface area contributed by atoms with E-state index in [-0.39, 0.29) is 5.78 Å². The monoisotopic (exact) mass is 310 g/mol. The fourth-order valence-corrected chi connectivity index (χ4v) is 2.96. The van der Waals surface area contributed by atoms with Crippen LogP contribution in [-0.4, -0.2) is 16.5 Å². The summed E-state index contributed by atoms with van der Waals surface area (Å²) in [4.78, 5) is 12.2. The van der Waals surface area contributed by atoms with E-state index in [9.17, 15) is 9.90 Å². The van der Waals surface area contributed by atoms with E-state index in [0.29, 0.717) is 25.2 Å². The van der Waals surface area contributed by atoms with Crippen LogP contribution in [0.15, 0.2) is 28.7 Å². The Morgan fingerprint density at radius 2 is 2.11 bits per heavy atom.